The number of hydrogen-bond donors (Lipinski definition) is 2. The second kappa shape index (κ2) is 3.64. The normalized spacial score (nSPS) is 60.4. The summed E-state index contributed by atoms with van der Waals surface area (Å²) < 4.78 is 10.9. The molecule has 2 aliphatic carbocycles. The number of epoxide rings is 1. The Hall–Kier alpha value is -0.910. The minimum Gasteiger partial charge on any atom is -0.458 e. The molecule has 2 N–H and O–H groups in total. The Kier molecular flexibility index (Phi) is 2.33. The predicted octanol–water partition coefficient (Wildman–Crippen LogP) is 0.249. The van der Waals surface area contributed by atoms with Gasteiger partial charge in [-0.3, -0.25) is 0 Å². The lowest BCUT2D eigenvalue weighted by atomic mass is 9.66. The number of fused-ring (bicyclic) bond motifs is 4. The third kappa shape index (κ3) is 1.27. The van der Waals surface area contributed by atoms with Crippen molar-refractivity contribution in [1.29, 1.82) is 0 Å². The summed E-state index contributed by atoms with van der Waals surface area (Å²) in [7, 11) is 0. The number of carbonyl (C=O) groups is 1. The lowest BCUT2D eigenvalue weighted by molar-refractivity contribution is -0.140. The van der Waals surface area contributed by atoms with Gasteiger partial charge in [-0.2, -0.15) is 0 Å². The second-order valence-corrected chi connectivity index (χ2v) is 7.05. The number of ether oxygens (including phenoxy) is 2. The summed E-state index contributed by atoms with van der Waals surface area (Å²) in [6, 6.07) is 0. The lowest BCUT2D eigenvalue weighted by Gasteiger charge is -2.42. The van der Waals surface area contributed by atoms with E-state index in [1.165, 1.54) is 0 Å². The average Bonchev–Trinajstić information content (AvgIpc) is 3.06. The van der Waals surface area contributed by atoms with Crippen LogP contribution in [0.3, 0.4) is 0 Å². The van der Waals surface area contributed by atoms with Gasteiger partial charge in [-0.25, -0.2) is 4.79 Å². The van der Waals surface area contributed by atoms with Crippen LogP contribution in [-0.4, -0.2) is 46.7 Å². The van der Waals surface area contributed by atoms with E-state index in [-0.39, 0.29) is 30.1 Å². The molecular formula is C15H20O5. The van der Waals surface area contributed by atoms with Crippen LogP contribution in [0.5, 0.6) is 0 Å². The van der Waals surface area contributed by atoms with Crippen molar-refractivity contribution >= 4 is 5.97 Å². The highest BCUT2D eigenvalue weighted by atomic mass is 16.6. The molecule has 2 saturated heterocycles. The molecule has 0 spiro atoms. The fourth-order valence-electron chi connectivity index (χ4n) is 5.03. The summed E-state index contributed by atoms with van der Waals surface area (Å²) in [4.78, 5) is 11.7. The van der Waals surface area contributed by atoms with Crippen molar-refractivity contribution in [2.75, 3.05) is 0 Å². The first-order chi connectivity index (χ1) is 9.37. The van der Waals surface area contributed by atoms with Gasteiger partial charge in [0.05, 0.1) is 24.2 Å². The smallest absolute Gasteiger partial charge is 0.334 e. The SMILES string of the molecule is C=C1C(=O)O[C@H]2C[C@@H](C)[C@@H]3[C@H]4O[C@H]4[C@H](O)[C@@]3(C)[C@H](O)[C@H]12. The summed E-state index contributed by atoms with van der Waals surface area (Å²) in [6.07, 6.45) is -1.30. The highest BCUT2D eigenvalue weighted by Crippen LogP contribution is 2.62. The predicted molar refractivity (Wildman–Crippen MR) is 68.6 cm³/mol. The highest BCUT2D eigenvalue weighted by molar-refractivity contribution is 5.91. The Morgan fingerprint density at radius 1 is 1.30 bits per heavy atom. The van der Waals surface area contributed by atoms with Gasteiger partial charge in [-0.15, -0.1) is 0 Å². The number of hydrogen-bond acceptors (Lipinski definition) is 5. The van der Waals surface area contributed by atoms with E-state index in [4.69, 9.17) is 9.47 Å². The standard InChI is InChI=1S/C15H20O5/c1-5-4-7-8(6(2)14(18)19-7)12(16)15(3)9(5)10-11(20-10)13(15)17/h5,7-13,16-17H,2,4H2,1,3H3/t5-,7+,8-,9-,10-,11-,12-,13+,15-/m1/s1. The van der Waals surface area contributed by atoms with Crippen molar-refractivity contribution in [3.63, 3.8) is 0 Å². The second-order valence-electron chi connectivity index (χ2n) is 7.05. The van der Waals surface area contributed by atoms with Crippen molar-refractivity contribution in [2.24, 2.45) is 23.2 Å². The maximum atomic E-state index is 11.7. The molecule has 5 nitrogen and oxygen atoms in total. The van der Waals surface area contributed by atoms with Crippen LogP contribution in [0.4, 0.5) is 0 Å². The summed E-state index contributed by atoms with van der Waals surface area (Å²) in [6.45, 7) is 7.79. The zero-order valence-electron chi connectivity index (χ0n) is 11.7. The highest BCUT2D eigenvalue weighted by Gasteiger charge is 2.73. The Bertz CT molecular complexity index is 502. The van der Waals surface area contributed by atoms with Crippen LogP contribution in [0.25, 0.3) is 0 Å². The van der Waals surface area contributed by atoms with Gasteiger partial charge in [-0.05, 0) is 12.3 Å². The van der Waals surface area contributed by atoms with Crippen molar-refractivity contribution in [1.82, 2.24) is 0 Å². The van der Waals surface area contributed by atoms with E-state index >= 15 is 0 Å². The van der Waals surface area contributed by atoms with Crippen LogP contribution in [0, 0.1) is 23.2 Å². The van der Waals surface area contributed by atoms with E-state index in [2.05, 4.69) is 13.5 Å². The molecule has 20 heavy (non-hydrogen) atoms. The maximum Gasteiger partial charge on any atom is 0.334 e. The monoisotopic (exact) mass is 280 g/mol. The molecule has 0 radical (unpaired) electrons. The fourth-order valence-corrected chi connectivity index (χ4v) is 5.03. The number of carbonyl (C=O) groups excluding carboxylic acids is 1. The Balaban J connectivity index is 1.79. The third-order valence-electron chi connectivity index (χ3n) is 6.10. The van der Waals surface area contributed by atoms with Crippen molar-refractivity contribution in [3.8, 4) is 0 Å². The van der Waals surface area contributed by atoms with Gasteiger partial charge in [0.2, 0.25) is 0 Å². The van der Waals surface area contributed by atoms with Crippen LogP contribution < -0.4 is 0 Å². The molecule has 2 aliphatic heterocycles. The van der Waals surface area contributed by atoms with Crippen molar-refractivity contribution in [3.05, 3.63) is 12.2 Å². The van der Waals surface area contributed by atoms with Crippen LogP contribution in [-0.2, 0) is 14.3 Å². The molecule has 0 aromatic heterocycles. The van der Waals surface area contributed by atoms with Crippen molar-refractivity contribution in [2.45, 2.75) is 50.8 Å². The van der Waals surface area contributed by atoms with Crippen LogP contribution in [0.2, 0.25) is 0 Å². The summed E-state index contributed by atoms with van der Waals surface area (Å²) in [5, 5.41) is 21.4. The minimum absolute atomic E-state index is 0.0300. The molecule has 0 unspecified atom stereocenters. The van der Waals surface area contributed by atoms with E-state index in [0.717, 1.165) is 0 Å². The lowest BCUT2D eigenvalue weighted by Crippen LogP contribution is -2.51. The van der Waals surface area contributed by atoms with E-state index in [9.17, 15) is 15.0 Å². The van der Waals surface area contributed by atoms with Crippen LogP contribution in [0.1, 0.15) is 20.3 Å². The zero-order valence-corrected chi connectivity index (χ0v) is 11.7. The summed E-state index contributed by atoms with van der Waals surface area (Å²) >= 11 is 0. The number of aliphatic hydroxyl groups is 2. The van der Waals surface area contributed by atoms with E-state index in [1.807, 2.05) is 6.92 Å². The summed E-state index contributed by atoms with van der Waals surface area (Å²) in [5.41, 5.74) is -0.325. The van der Waals surface area contributed by atoms with Gasteiger partial charge in [0.15, 0.2) is 0 Å². The van der Waals surface area contributed by atoms with Gasteiger partial charge >= 0.3 is 5.97 Å². The Labute approximate surface area is 117 Å². The molecule has 0 bridgehead atoms. The number of aliphatic hydroxyl groups excluding tert-OH is 2. The Morgan fingerprint density at radius 2 is 2.00 bits per heavy atom. The Morgan fingerprint density at radius 3 is 2.70 bits per heavy atom. The maximum absolute atomic E-state index is 11.7. The van der Waals surface area contributed by atoms with E-state index < -0.39 is 29.5 Å². The molecule has 0 aromatic rings. The number of esters is 1. The van der Waals surface area contributed by atoms with Gasteiger partial charge in [0.25, 0.3) is 0 Å². The van der Waals surface area contributed by atoms with Crippen LogP contribution >= 0.6 is 0 Å². The van der Waals surface area contributed by atoms with Crippen LogP contribution in [0.15, 0.2) is 12.2 Å². The minimum atomic E-state index is -0.826. The topological polar surface area (TPSA) is 79.3 Å². The largest absolute Gasteiger partial charge is 0.458 e. The molecule has 4 rings (SSSR count). The molecular weight excluding hydrogens is 260 g/mol. The number of rotatable bonds is 0. The molecule has 110 valence electrons. The summed E-state index contributed by atoms with van der Waals surface area (Å²) in [5.74, 6) is -0.514. The molecule has 2 heterocycles. The first-order valence-electron chi connectivity index (χ1n) is 7.28. The van der Waals surface area contributed by atoms with Gasteiger partial charge in [0, 0.05) is 16.9 Å². The van der Waals surface area contributed by atoms with Crippen molar-refractivity contribution < 1.29 is 24.5 Å². The van der Waals surface area contributed by atoms with E-state index in [0.29, 0.717) is 12.0 Å². The van der Waals surface area contributed by atoms with Gasteiger partial charge in [-0.1, -0.05) is 20.4 Å². The quantitative estimate of drug-likeness (QED) is 0.378. The third-order valence-corrected chi connectivity index (χ3v) is 6.10. The molecule has 9 atom stereocenters. The molecule has 0 amide bonds. The molecule has 0 aromatic carbocycles. The fraction of sp³-hybridized carbons (Fsp3) is 0.800. The molecule has 4 fully saturated rings. The first kappa shape index (κ1) is 12.8. The molecule has 4 aliphatic rings. The van der Waals surface area contributed by atoms with E-state index in [1.54, 1.807) is 0 Å². The molecule has 5 heteroatoms. The first-order valence-corrected chi connectivity index (χ1v) is 7.28. The van der Waals surface area contributed by atoms with Gasteiger partial charge in [0.1, 0.15) is 12.2 Å². The average molecular weight is 280 g/mol. The zero-order chi connectivity index (χ0) is 14.4. The van der Waals surface area contributed by atoms with Gasteiger partial charge < -0.3 is 19.7 Å². The molecule has 2 saturated carbocycles.